The van der Waals surface area contributed by atoms with Crippen molar-refractivity contribution in [3.8, 4) is 0 Å². The normalized spacial score (nSPS) is 20.2. The molecule has 0 atom stereocenters. The molecule has 17 heavy (non-hydrogen) atoms. The standard InChI is InChI=1S/C15H20F2/c1-12-6-8-13(9-7-12)15(14(2,16)17)10-4-3-5-11-15/h6-9H,3-5,10-11H2,1-2H3. The zero-order valence-corrected chi connectivity index (χ0v) is 10.6. The number of alkyl halides is 2. The average Bonchev–Trinajstić information content (AvgIpc) is 2.29. The van der Waals surface area contributed by atoms with E-state index in [1.54, 1.807) is 0 Å². The highest BCUT2D eigenvalue weighted by Crippen LogP contribution is 2.49. The Morgan fingerprint density at radius 1 is 1.00 bits per heavy atom. The van der Waals surface area contributed by atoms with E-state index in [-0.39, 0.29) is 0 Å². The Bertz CT molecular complexity index is 367. The third kappa shape index (κ3) is 2.22. The molecule has 0 aliphatic heterocycles. The fourth-order valence-electron chi connectivity index (χ4n) is 3.01. The van der Waals surface area contributed by atoms with Crippen LogP contribution in [0.4, 0.5) is 8.78 Å². The first-order chi connectivity index (χ1) is 7.96. The molecular weight excluding hydrogens is 218 g/mol. The van der Waals surface area contributed by atoms with E-state index in [1.807, 2.05) is 31.2 Å². The number of halogens is 2. The second kappa shape index (κ2) is 4.40. The van der Waals surface area contributed by atoms with Crippen LogP contribution in [-0.4, -0.2) is 5.92 Å². The van der Waals surface area contributed by atoms with Crippen LogP contribution < -0.4 is 0 Å². The van der Waals surface area contributed by atoms with Crippen molar-refractivity contribution in [1.82, 2.24) is 0 Å². The highest BCUT2D eigenvalue weighted by Gasteiger charge is 2.51. The molecule has 0 unspecified atom stereocenters. The Balaban J connectivity index is 2.43. The summed E-state index contributed by atoms with van der Waals surface area (Å²) in [5.74, 6) is -2.64. The topological polar surface area (TPSA) is 0 Å². The minimum absolute atomic E-state index is 0.611. The molecule has 1 aliphatic carbocycles. The first kappa shape index (κ1) is 12.5. The summed E-state index contributed by atoms with van der Waals surface area (Å²) in [7, 11) is 0. The summed E-state index contributed by atoms with van der Waals surface area (Å²) in [6, 6.07) is 7.66. The molecule has 1 aliphatic rings. The lowest BCUT2D eigenvalue weighted by Crippen LogP contribution is -2.44. The van der Waals surface area contributed by atoms with Gasteiger partial charge in [0.05, 0.1) is 5.41 Å². The van der Waals surface area contributed by atoms with E-state index in [9.17, 15) is 8.78 Å². The molecule has 1 fully saturated rings. The number of hydrogen-bond acceptors (Lipinski definition) is 0. The van der Waals surface area contributed by atoms with Gasteiger partial charge >= 0.3 is 0 Å². The molecule has 0 saturated heterocycles. The molecule has 1 aromatic carbocycles. The van der Waals surface area contributed by atoms with Gasteiger partial charge in [0.25, 0.3) is 5.92 Å². The predicted octanol–water partition coefficient (Wildman–Crippen LogP) is 4.85. The average molecular weight is 238 g/mol. The van der Waals surface area contributed by atoms with Gasteiger partial charge in [0.15, 0.2) is 0 Å². The maximum Gasteiger partial charge on any atom is 0.254 e. The first-order valence-corrected chi connectivity index (χ1v) is 6.41. The fraction of sp³-hybridized carbons (Fsp3) is 0.600. The van der Waals surface area contributed by atoms with Crippen molar-refractivity contribution in [3.63, 3.8) is 0 Å². The van der Waals surface area contributed by atoms with Crippen LogP contribution in [-0.2, 0) is 5.41 Å². The van der Waals surface area contributed by atoms with Crippen LogP contribution in [0.15, 0.2) is 24.3 Å². The summed E-state index contributed by atoms with van der Waals surface area (Å²) < 4.78 is 28.1. The minimum atomic E-state index is -2.64. The van der Waals surface area contributed by atoms with Crippen LogP contribution in [0.25, 0.3) is 0 Å². The Morgan fingerprint density at radius 3 is 2.00 bits per heavy atom. The van der Waals surface area contributed by atoms with Crippen molar-refractivity contribution in [2.45, 2.75) is 57.3 Å². The van der Waals surface area contributed by atoms with Crippen molar-refractivity contribution in [2.75, 3.05) is 0 Å². The van der Waals surface area contributed by atoms with Gasteiger partial charge in [-0.05, 0) is 25.3 Å². The number of hydrogen-bond donors (Lipinski definition) is 0. The highest BCUT2D eigenvalue weighted by atomic mass is 19.3. The van der Waals surface area contributed by atoms with Gasteiger partial charge < -0.3 is 0 Å². The Hall–Kier alpha value is -0.920. The monoisotopic (exact) mass is 238 g/mol. The molecule has 0 radical (unpaired) electrons. The molecule has 2 rings (SSSR count). The van der Waals surface area contributed by atoms with E-state index < -0.39 is 11.3 Å². The van der Waals surface area contributed by atoms with E-state index in [4.69, 9.17) is 0 Å². The van der Waals surface area contributed by atoms with Crippen molar-refractivity contribution >= 4 is 0 Å². The zero-order valence-electron chi connectivity index (χ0n) is 10.6. The lowest BCUT2D eigenvalue weighted by atomic mass is 9.65. The summed E-state index contributed by atoms with van der Waals surface area (Å²) in [6.07, 6.45) is 4.14. The van der Waals surface area contributed by atoms with Gasteiger partial charge in [0, 0.05) is 6.92 Å². The predicted molar refractivity (Wildman–Crippen MR) is 66.6 cm³/mol. The van der Waals surface area contributed by atoms with Crippen LogP contribution in [0.3, 0.4) is 0 Å². The quantitative estimate of drug-likeness (QED) is 0.690. The molecule has 0 aromatic heterocycles. The SMILES string of the molecule is Cc1ccc(C2(C(C)(F)F)CCCCC2)cc1. The van der Waals surface area contributed by atoms with Gasteiger partial charge in [-0.2, -0.15) is 0 Å². The molecule has 0 nitrogen and oxygen atoms in total. The van der Waals surface area contributed by atoms with Gasteiger partial charge in [0.1, 0.15) is 0 Å². The number of rotatable bonds is 2. The van der Waals surface area contributed by atoms with E-state index >= 15 is 0 Å². The maximum absolute atomic E-state index is 14.0. The smallest absolute Gasteiger partial charge is 0.206 e. The summed E-state index contributed by atoms with van der Waals surface area (Å²) >= 11 is 0. The summed E-state index contributed by atoms with van der Waals surface area (Å²) in [5.41, 5.74) is 1.01. The van der Waals surface area contributed by atoms with Gasteiger partial charge in [0.2, 0.25) is 0 Å². The molecule has 1 saturated carbocycles. The maximum atomic E-state index is 14.0. The Labute approximate surface area is 102 Å². The molecule has 0 heterocycles. The second-order valence-corrected chi connectivity index (χ2v) is 5.40. The lowest BCUT2D eigenvalue weighted by Gasteiger charge is -2.42. The molecule has 94 valence electrons. The third-order valence-corrected chi connectivity index (χ3v) is 4.15. The van der Waals surface area contributed by atoms with Gasteiger partial charge in [-0.25, -0.2) is 8.78 Å². The number of aryl methyl sites for hydroxylation is 1. The van der Waals surface area contributed by atoms with Crippen molar-refractivity contribution in [3.05, 3.63) is 35.4 Å². The first-order valence-electron chi connectivity index (χ1n) is 6.41. The van der Waals surface area contributed by atoms with Crippen LogP contribution in [0, 0.1) is 6.92 Å². The molecule has 0 N–H and O–H groups in total. The van der Waals surface area contributed by atoms with Crippen molar-refractivity contribution in [2.24, 2.45) is 0 Å². The van der Waals surface area contributed by atoms with Crippen LogP contribution in [0.2, 0.25) is 0 Å². The van der Waals surface area contributed by atoms with E-state index in [0.717, 1.165) is 37.3 Å². The van der Waals surface area contributed by atoms with Gasteiger partial charge in [-0.1, -0.05) is 49.1 Å². The highest BCUT2D eigenvalue weighted by molar-refractivity contribution is 5.31. The summed E-state index contributed by atoms with van der Waals surface area (Å²) in [4.78, 5) is 0. The van der Waals surface area contributed by atoms with Gasteiger partial charge in [-0.15, -0.1) is 0 Å². The largest absolute Gasteiger partial charge is 0.254 e. The molecule has 0 bridgehead atoms. The summed E-state index contributed by atoms with van der Waals surface area (Å²) in [6.45, 7) is 3.07. The fourth-order valence-corrected chi connectivity index (χ4v) is 3.01. The number of benzene rings is 1. The summed E-state index contributed by atoms with van der Waals surface area (Å²) in [5, 5.41) is 0. The second-order valence-electron chi connectivity index (χ2n) is 5.40. The minimum Gasteiger partial charge on any atom is -0.206 e. The van der Waals surface area contributed by atoms with E-state index in [0.29, 0.717) is 12.8 Å². The lowest BCUT2D eigenvalue weighted by molar-refractivity contribution is -0.0777. The van der Waals surface area contributed by atoms with E-state index in [2.05, 4.69) is 0 Å². The van der Waals surface area contributed by atoms with Crippen molar-refractivity contribution in [1.29, 1.82) is 0 Å². The molecular formula is C15H20F2. The third-order valence-electron chi connectivity index (χ3n) is 4.15. The van der Waals surface area contributed by atoms with Gasteiger partial charge in [-0.3, -0.25) is 0 Å². The molecule has 0 spiro atoms. The zero-order chi connectivity index (χ0) is 12.5. The van der Waals surface area contributed by atoms with Crippen LogP contribution in [0.1, 0.15) is 50.2 Å². The van der Waals surface area contributed by atoms with Crippen molar-refractivity contribution < 1.29 is 8.78 Å². The van der Waals surface area contributed by atoms with Crippen LogP contribution >= 0.6 is 0 Å². The van der Waals surface area contributed by atoms with Crippen LogP contribution in [0.5, 0.6) is 0 Å². The van der Waals surface area contributed by atoms with E-state index in [1.165, 1.54) is 0 Å². The molecule has 0 amide bonds. The molecule has 1 aromatic rings. The molecule has 2 heteroatoms. The Morgan fingerprint density at radius 2 is 1.53 bits per heavy atom. The Kier molecular flexibility index (Phi) is 3.24.